The van der Waals surface area contributed by atoms with Crippen LogP contribution in [0.3, 0.4) is 0 Å². The number of rotatable bonds is 10. The zero-order valence-electron chi connectivity index (χ0n) is 33.7. The molecule has 57 heavy (non-hydrogen) atoms. The van der Waals surface area contributed by atoms with Crippen molar-refractivity contribution in [1.29, 1.82) is 0 Å². The highest BCUT2D eigenvalue weighted by Crippen LogP contribution is 2.40. The van der Waals surface area contributed by atoms with Crippen molar-refractivity contribution >= 4 is 40.6 Å². The van der Waals surface area contributed by atoms with Crippen LogP contribution < -0.4 is 9.80 Å². The molecule has 1 atom stereocenters. The summed E-state index contributed by atoms with van der Waals surface area (Å²) < 4.78 is 0. The summed E-state index contributed by atoms with van der Waals surface area (Å²) in [4.78, 5) is 4.81. The highest BCUT2D eigenvalue weighted by Gasteiger charge is 2.20. The third kappa shape index (κ3) is 8.04. The first-order valence-electron chi connectivity index (χ1n) is 20.0. The first-order valence-corrected chi connectivity index (χ1v) is 20.0. The lowest BCUT2D eigenvalue weighted by molar-refractivity contribution is 0.785. The average molecular weight is 739 g/mol. The predicted molar refractivity (Wildman–Crippen MR) is 246 cm³/mol. The third-order valence-electron chi connectivity index (χ3n) is 11.2. The SMILES string of the molecule is Cc1cc(/C=C/c2ccc(-c3cc(C)c(N(c4ccccc4)c4ccccc4)cc3C)c(C)c2)ccc1-c1ccc(N(c2ccccc2)C2C=CC=CC2)cc1C. The van der Waals surface area contributed by atoms with Crippen LogP contribution in [0.25, 0.3) is 34.4 Å². The molecule has 0 fully saturated rings. The number of nitrogens with zero attached hydrogens (tertiary/aromatic N) is 2. The highest BCUT2D eigenvalue weighted by atomic mass is 15.2. The Morgan fingerprint density at radius 1 is 0.421 bits per heavy atom. The van der Waals surface area contributed by atoms with Crippen molar-refractivity contribution in [2.45, 2.75) is 47.1 Å². The van der Waals surface area contributed by atoms with Gasteiger partial charge in [-0.05, 0) is 163 Å². The van der Waals surface area contributed by atoms with Gasteiger partial charge in [0.05, 0.1) is 6.04 Å². The maximum atomic E-state index is 2.45. The fourth-order valence-corrected chi connectivity index (χ4v) is 8.27. The number of hydrogen-bond acceptors (Lipinski definition) is 2. The molecule has 0 saturated carbocycles. The molecule has 2 nitrogen and oxygen atoms in total. The van der Waals surface area contributed by atoms with Gasteiger partial charge in [0.1, 0.15) is 0 Å². The highest BCUT2D eigenvalue weighted by molar-refractivity contribution is 5.84. The Bertz CT molecular complexity index is 2560. The molecule has 2 heteroatoms. The lowest BCUT2D eigenvalue weighted by Gasteiger charge is -2.33. The van der Waals surface area contributed by atoms with Crippen molar-refractivity contribution in [2.75, 3.05) is 9.80 Å². The molecule has 0 amide bonds. The van der Waals surface area contributed by atoms with E-state index in [9.17, 15) is 0 Å². The molecular formula is C55H50N2. The smallest absolute Gasteiger partial charge is 0.0559 e. The van der Waals surface area contributed by atoms with Gasteiger partial charge < -0.3 is 9.80 Å². The van der Waals surface area contributed by atoms with Crippen LogP contribution in [0.2, 0.25) is 0 Å². The molecule has 0 N–H and O–H groups in total. The van der Waals surface area contributed by atoms with Crippen molar-refractivity contribution in [2.24, 2.45) is 0 Å². The van der Waals surface area contributed by atoms with Gasteiger partial charge in [-0.25, -0.2) is 0 Å². The Labute approximate surface area is 339 Å². The second-order valence-corrected chi connectivity index (χ2v) is 15.3. The molecule has 1 aliphatic rings. The lowest BCUT2D eigenvalue weighted by Crippen LogP contribution is -2.29. The Hall–Kier alpha value is -6.64. The summed E-state index contributed by atoms with van der Waals surface area (Å²) >= 11 is 0. The van der Waals surface area contributed by atoms with Crippen molar-refractivity contribution in [1.82, 2.24) is 0 Å². The van der Waals surface area contributed by atoms with Gasteiger partial charge in [-0.15, -0.1) is 0 Å². The molecule has 7 aromatic rings. The third-order valence-corrected chi connectivity index (χ3v) is 11.2. The summed E-state index contributed by atoms with van der Waals surface area (Å²) in [6.07, 6.45) is 14.3. The number of anilines is 5. The van der Waals surface area contributed by atoms with E-state index in [-0.39, 0.29) is 6.04 Å². The quantitative estimate of drug-likeness (QED) is 0.129. The summed E-state index contributed by atoms with van der Waals surface area (Å²) in [5, 5.41) is 0. The minimum absolute atomic E-state index is 0.284. The largest absolute Gasteiger partial charge is 0.334 e. The van der Waals surface area contributed by atoms with E-state index in [4.69, 9.17) is 0 Å². The van der Waals surface area contributed by atoms with Gasteiger partial charge in [-0.1, -0.05) is 134 Å². The van der Waals surface area contributed by atoms with Crippen molar-refractivity contribution in [3.05, 3.63) is 221 Å². The van der Waals surface area contributed by atoms with Crippen molar-refractivity contribution in [3.8, 4) is 22.3 Å². The lowest BCUT2D eigenvalue weighted by atomic mass is 9.92. The molecule has 0 bridgehead atoms. The molecule has 0 heterocycles. The van der Waals surface area contributed by atoms with Crippen LogP contribution in [-0.4, -0.2) is 6.04 Å². The van der Waals surface area contributed by atoms with E-state index in [1.165, 1.54) is 78.3 Å². The number of hydrogen-bond donors (Lipinski definition) is 0. The van der Waals surface area contributed by atoms with Crippen LogP contribution in [0.15, 0.2) is 182 Å². The number of allylic oxidation sites excluding steroid dienone is 2. The fraction of sp³-hybridized carbons (Fsp3) is 0.127. The van der Waals surface area contributed by atoms with Gasteiger partial charge in [0, 0.05) is 28.4 Å². The van der Waals surface area contributed by atoms with Gasteiger partial charge in [-0.2, -0.15) is 0 Å². The molecule has 280 valence electrons. The van der Waals surface area contributed by atoms with Crippen LogP contribution in [0.5, 0.6) is 0 Å². The zero-order chi connectivity index (χ0) is 39.3. The molecule has 1 unspecified atom stereocenters. The minimum Gasteiger partial charge on any atom is -0.334 e. The monoisotopic (exact) mass is 738 g/mol. The first-order chi connectivity index (χ1) is 27.8. The van der Waals surface area contributed by atoms with E-state index >= 15 is 0 Å². The summed E-state index contributed by atoms with van der Waals surface area (Å²) in [5.74, 6) is 0. The maximum Gasteiger partial charge on any atom is 0.0559 e. The van der Waals surface area contributed by atoms with Crippen LogP contribution >= 0.6 is 0 Å². The van der Waals surface area contributed by atoms with Gasteiger partial charge in [0.2, 0.25) is 0 Å². The van der Waals surface area contributed by atoms with Crippen LogP contribution in [0.4, 0.5) is 28.4 Å². The summed E-state index contributed by atoms with van der Waals surface area (Å²) in [5.41, 5.74) is 19.7. The fourth-order valence-electron chi connectivity index (χ4n) is 8.27. The van der Waals surface area contributed by atoms with E-state index in [0.717, 1.165) is 17.8 Å². The molecule has 1 aliphatic carbocycles. The second-order valence-electron chi connectivity index (χ2n) is 15.3. The maximum absolute atomic E-state index is 2.45. The zero-order valence-corrected chi connectivity index (χ0v) is 33.7. The standard InChI is InChI=1S/C55H50N2/c1-39-34-44(28-31-51(39)52-33-30-50(36-41(52)3)56(46-18-10-6-11-19-46)47-20-12-7-13-21-47)26-27-45-29-32-53(40(2)35-45)54-37-43(5)55(38-42(54)4)57(48-22-14-8-15-23-48)49-24-16-9-17-25-49/h6-20,22-38,47H,21H2,1-5H3/b27-26+. The Balaban J connectivity index is 1.01. The topological polar surface area (TPSA) is 6.48 Å². The number of benzene rings is 7. The van der Waals surface area contributed by atoms with Gasteiger partial charge >= 0.3 is 0 Å². The van der Waals surface area contributed by atoms with Crippen LogP contribution in [-0.2, 0) is 0 Å². The van der Waals surface area contributed by atoms with Crippen LogP contribution in [0.1, 0.15) is 45.4 Å². The van der Waals surface area contributed by atoms with E-state index in [0.29, 0.717) is 0 Å². The van der Waals surface area contributed by atoms with E-state index in [1.807, 2.05) is 0 Å². The summed E-state index contributed by atoms with van der Waals surface area (Å²) in [7, 11) is 0. The molecule has 0 aromatic heterocycles. The van der Waals surface area contributed by atoms with Gasteiger partial charge in [-0.3, -0.25) is 0 Å². The normalized spacial score (nSPS) is 13.6. The van der Waals surface area contributed by atoms with E-state index in [1.54, 1.807) is 0 Å². The van der Waals surface area contributed by atoms with E-state index < -0.39 is 0 Å². The molecular weight excluding hydrogens is 689 g/mol. The molecule has 0 spiro atoms. The van der Waals surface area contributed by atoms with Crippen LogP contribution in [0, 0.1) is 34.6 Å². The van der Waals surface area contributed by atoms with Gasteiger partial charge in [0.15, 0.2) is 0 Å². The molecule has 8 rings (SSSR count). The summed E-state index contributed by atoms with van der Waals surface area (Å²) in [6.45, 7) is 11.1. The number of aryl methyl sites for hydroxylation is 5. The minimum atomic E-state index is 0.284. The Morgan fingerprint density at radius 2 is 0.912 bits per heavy atom. The Morgan fingerprint density at radius 3 is 1.42 bits per heavy atom. The second kappa shape index (κ2) is 16.6. The first kappa shape index (κ1) is 37.3. The molecule has 7 aromatic carbocycles. The number of para-hydroxylation sites is 3. The van der Waals surface area contributed by atoms with Crippen molar-refractivity contribution in [3.63, 3.8) is 0 Å². The average Bonchev–Trinajstić information content (AvgIpc) is 3.23. The van der Waals surface area contributed by atoms with E-state index in [2.05, 4.69) is 239 Å². The summed E-state index contributed by atoms with van der Waals surface area (Å²) in [6, 6.07) is 57.5. The van der Waals surface area contributed by atoms with Crippen molar-refractivity contribution < 1.29 is 0 Å². The molecule has 0 aliphatic heterocycles. The molecule has 0 saturated heterocycles. The predicted octanol–water partition coefficient (Wildman–Crippen LogP) is 15.2. The molecule has 0 radical (unpaired) electrons. The van der Waals surface area contributed by atoms with Gasteiger partial charge in [0.25, 0.3) is 0 Å². The Kier molecular flexibility index (Phi) is 10.9.